The molecule has 17 heavy (non-hydrogen) atoms. The van der Waals surface area contributed by atoms with E-state index in [1.807, 2.05) is 0 Å². The van der Waals surface area contributed by atoms with Crippen LogP contribution in [0.15, 0.2) is 24.3 Å². The molecule has 0 unspecified atom stereocenters. The van der Waals surface area contributed by atoms with Crippen LogP contribution in [0.1, 0.15) is 56.6 Å². The summed E-state index contributed by atoms with van der Waals surface area (Å²) < 4.78 is 0. The summed E-state index contributed by atoms with van der Waals surface area (Å²) >= 11 is 0. The van der Waals surface area contributed by atoms with Gasteiger partial charge in [-0.25, -0.2) is 0 Å². The van der Waals surface area contributed by atoms with E-state index in [2.05, 4.69) is 43.0 Å². The van der Waals surface area contributed by atoms with Gasteiger partial charge in [-0.15, -0.1) is 0 Å². The van der Waals surface area contributed by atoms with Gasteiger partial charge in [-0.2, -0.15) is 0 Å². The zero-order valence-corrected chi connectivity index (χ0v) is 10.8. The zero-order valence-electron chi connectivity index (χ0n) is 10.8. The predicted octanol–water partition coefficient (Wildman–Crippen LogP) is 4.57. The fourth-order valence-electron chi connectivity index (χ4n) is 2.53. The summed E-state index contributed by atoms with van der Waals surface area (Å²) in [5.74, 6) is 7.47. The first-order chi connectivity index (χ1) is 8.38. The molecule has 90 valence electrons. The van der Waals surface area contributed by atoms with E-state index in [0.717, 1.165) is 0 Å². The Hall–Kier alpha value is -1.22. The maximum Gasteiger partial charge on any atom is 0.0248 e. The third-order valence-electron chi connectivity index (χ3n) is 3.49. The van der Waals surface area contributed by atoms with Gasteiger partial charge >= 0.3 is 0 Å². The number of rotatable bonds is 2. The predicted molar refractivity (Wildman–Crippen MR) is 73.9 cm³/mol. The first-order valence-electron chi connectivity index (χ1n) is 6.99. The molecule has 1 aliphatic rings. The van der Waals surface area contributed by atoms with Gasteiger partial charge in [0.25, 0.3) is 0 Å². The minimum absolute atomic E-state index is 0.651. The van der Waals surface area contributed by atoms with Gasteiger partial charge in [0.1, 0.15) is 0 Å². The molecule has 0 N–H and O–H groups in total. The Morgan fingerprint density at radius 3 is 2.76 bits per heavy atom. The summed E-state index contributed by atoms with van der Waals surface area (Å²) in [5, 5.41) is 0. The molecule has 0 radical (unpaired) electrons. The summed E-state index contributed by atoms with van der Waals surface area (Å²) in [6.07, 6.45) is 9.14. The molecule has 0 heterocycles. The molecule has 1 saturated carbocycles. The largest absolute Gasteiger partial charge is 0.0945 e. The van der Waals surface area contributed by atoms with Crippen LogP contribution in [0, 0.1) is 17.8 Å². The zero-order chi connectivity index (χ0) is 11.9. The maximum atomic E-state index is 3.46. The molecule has 0 bridgehead atoms. The molecule has 2 rings (SSSR count). The topological polar surface area (TPSA) is 0 Å². The van der Waals surface area contributed by atoms with E-state index in [9.17, 15) is 0 Å². The molecular weight excluding hydrogens is 204 g/mol. The van der Waals surface area contributed by atoms with Crippen molar-refractivity contribution < 1.29 is 0 Å². The number of hydrogen-bond acceptors (Lipinski definition) is 0. The Kier molecular flexibility index (Phi) is 4.68. The van der Waals surface area contributed by atoms with Crippen molar-refractivity contribution in [3.8, 4) is 11.8 Å². The van der Waals surface area contributed by atoms with E-state index in [1.165, 1.54) is 56.1 Å². The highest BCUT2D eigenvalue weighted by molar-refractivity contribution is 5.37. The molecule has 0 spiro atoms. The average molecular weight is 226 g/mol. The van der Waals surface area contributed by atoms with Gasteiger partial charge in [0.05, 0.1) is 0 Å². The Balaban J connectivity index is 2.01. The summed E-state index contributed by atoms with van der Waals surface area (Å²) in [6, 6.07) is 8.72. The summed E-state index contributed by atoms with van der Waals surface area (Å²) in [4.78, 5) is 0. The van der Waals surface area contributed by atoms with Crippen LogP contribution in [-0.2, 0) is 6.42 Å². The summed E-state index contributed by atoms with van der Waals surface area (Å²) in [5.41, 5.74) is 2.62. The van der Waals surface area contributed by atoms with Crippen molar-refractivity contribution in [1.82, 2.24) is 0 Å². The van der Waals surface area contributed by atoms with Gasteiger partial charge in [-0.05, 0) is 37.0 Å². The summed E-state index contributed by atoms with van der Waals surface area (Å²) in [7, 11) is 0. The minimum Gasteiger partial charge on any atom is -0.0945 e. The van der Waals surface area contributed by atoms with Crippen LogP contribution in [0.5, 0.6) is 0 Å². The maximum absolute atomic E-state index is 3.46. The molecule has 0 aliphatic heterocycles. The van der Waals surface area contributed by atoms with Crippen LogP contribution >= 0.6 is 0 Å². The van der Waals surface area contributed by atoms with Crippen LogP contribution in [0.4, 0.5) is 0 Å². The fourth-order valence-corrected chi connectivity index (χ4v) is 2.53. The Morgan fingerprint density at radius 2 is 2.00 bits per heavy atom. The second-order valence-corrected chi connectivity index (χ2v) is 5.05. The standard InChI is InChI=1S/C17H22/c1-2-7-16-10-6-11-17(14-16)13-12-15-8-4-3-5-9-15/h6,10-11,14-15H,2-5,7-9H2,1H3. The van der Waals surface area contributed by atoms with Gasteiger partial charge in [-0.3, -0.25) is 0 Å². The third-order valence-corrected chi connectivity index (χ3v) is 3.49. The average Bonchev–Trinajstić information content (AvgIpc) is 2.39. The normalized spacial score (nSPS) is 16.3. The van der Waals surface area contributed by atoms with Crippen LogP contribution < -0.4 is 0 Å². The first kappa shape index (κ1) is 12.2. The Morgan fingerprint density at radius 1 is 1.18 bits per heavy atom. The third kappa shape index (κ3) is 3.93. The highest BCUT2D eigenvalue weighted by Gasteiger charge is 2.09. The van der Waals surface area contributed by atoms with E-state index in [-0.39, 0.29) is 0 Å². The molecule has 1 aliphatic carbocycles. The molecule has 0 heteroatoms. The molecule has 0 atom stereocenters. The van der Waals surface area contributed by atoms with Crippen molar-refractivity contribution in [3.63, 3.8) is 0 Å². The lowest BCUT2D eigenvalue weighted by Crippen LogP contribution is -2.03. The van der Waals surface area contributed by atoms with Gasteiger partial charge in [0.2, 0.25) is 0 Å². The number of hydrogen-bond donors (Lipinski definition) is 0. The molecule has 0 aromatic heterocycles. The van der Waals surface area contributed by atoms with E-state index < -0.39 is 0 Å². The van der Waals surface area contributed by atoms with Gasteiger partial charge in [0.15, 0.2) is 0 Å². The quantitative estimate of drug-likeness (QED) is 0.648. The van der Waals surface area contributed by atoms with Crippen molar-refractivity contribution in [2.45, 2.75) is 51.9 Å². The molecule has 1 aromatic carbocycles. The highest BCUT2D eigenvalue weighted by Crippen LogP contribution is 2.22. The van der Waals surface area contributed by atoms with Crippen molar-refractivity contribution in [1.29, 1.82) is 0 Å². The van der Waals surface area contributed by atoms with E-state index >= 15 is 0 Å². The molecule has 1 aromatic rings. The second-order valence-electron chi connectivity index (χ2n) is 5.05. The number of benzene rings is 1. The Bertz CT molecular complexity index is 400. The molecule has 0 amide bonds. The second kappa shape index (κ2) is 6.50. The lowest BCUT2D eigenvalue weighted by molar-refractivity contribution is 0.430. The van der Waals surface area contributed by atoms with Crippen LogP contribution in [0.3, 0.4) is 0 Å². The van der Waals surface area contributed by atoms with Crippen LogP contribution in [0.25, 0.3) is 0 Å². The first-order valence-corrected chi connectivity index (χ1v) is 6.99. The minimum atomic E-state index is 0.651. The fraction of sp³-hybridized carbons (Fsp3) is 0.529. The SMILES string of the molecule is CCCc1cccc(C#CC2CCCCC2)c1. The molecule has 1 fully saturated rings. The molecule has 0 saturated heterocycles. The summed E-state index contributed by atoms with van der Waals surface area (Å²) in [6.45, 7) is 2.22. The van der Waals surface area contributed by atoms with Gasteiger partial charge in [-0.1, -0.05) is 56.6 Å². The lowest BCUT2D eigenvalue weighted by atomic mass is 9.89. The van der Waals surface area contributed by atoms with Gasteiger partial charge in [0, 0.05) is 11.5 Å². The van der Waals surface area contributed by atoms with Crippen molar-refractivity contribution in [2.24, 2.45) is 5.92 Å². The molecular formula is C17H22. The van der Waals surface area contributed by atoms with E-state index in [4.69, 9.17) is 0 Å². The lowest BCUT2D eigenvalue weighted by Gasteiger charge is -2.15. The van der Waals surface area contributed by atoms with Crippen LogP contribution in [-0.4, -0.2) is 0 Å². The van der Waals surface area contributed by atoms with E-state index in [0.29, 0.717) is 5.92 Å². The number of aryl methyl sites for hydroxylation is 1. The van der Waals surface area contributed by atoms with Crippen molar-refractivity contribution in [3.05, 3.63) is 35.4 Å². The van der Waals surface area contributed by atoms with Crippen molar-refractivity contribution in [2.75, 3.05) is 0 Å². The Labute approximate surface area is 105 Å². The smallest absolute Gasteiger partial charge is 0.0248 e. The van der Waals surface area contributed by atoms with Crippen LogP contribution in [0.2, 0.25) is 0 Å². The highest BCUT2D eigenvalue weighted by atomic mass is 14.1. The molecule has 0 nitrogen and oxygen atoms in total. The monoisotopic (exact) mass is 226 g/mol. The van der Waals surface area contributed by atoms with Crippen molar-refractivity contribution >= 4 is 0 Å². The van der Waals surface area contributed by atoms with E-state index in [1.54, 1.807) is 0 Å². The van der Waals surface area contributed by atoms with Gasteiger partial charge < -0.3 is 0 Å².